The van der Waals surface area contributed by atoms with Crippen LogP contribution in [-0.2, 0) is 6.42 Å². The predicted molar refractivity (Wildman–Crippen MR) is 117 cm³/mol. The van der Waals surface area contributed by atoms with E-state index in [0.29, 0.717) is 12.5 Å². The van der Waals surface area contributed by atoms with Crippen molar-refractivity contribution in [2.45, 2.75) is 33.1 Å². The van der Waals surface area contributed by atoms with Crippen molar-refractivity contribution in [3.63, 3.8) is 0 Å². The summed E-state index contributed by atoms with van der Waals surface area (Å²) in [4.78, 5) is 6.90. The second-order valence-electron chi connectivity index (χ2n) is 7.56. The van der Waals surface area contributed by atoms with Gasteiger partial charge in [0, 0.05) is 18.8 Å². The van der Waals surface area contributed by atoms with Crippen LogP contribution in [0, 0.1) is 13.8 Å². The Bertz CT molecular complexity index is 759. The number of anilines is 1. The van der Waals surface area contributed by atoms with E-state index >= 15 is 0 Å². The molecule has 0 bridgehead atoms. The molecule has 1 aliphatic rings. The summed E-state index contributed by atoms with van der Waals surface area (Å²) in [5, 5.41) is 3.17. The van der Waals surface area contributed by atoms with Crippen LogP contribution in [0.15, 0.2) is 47.5 Å². The van der Waals surface area contributed by atoms with E-state index in [2.05, 4.69) is 59.4 Å². The zero-order valence-electron chi connectivity index (χ0n) is 17.1. The number of aliphatic imine (C=N–C) groups is 1. The maximum Gasteiger partial charge on any atom is 0.193 e. The second-order valence-corrected chi connectivity index (χ2v) is 7.56. The Hall–Kier alpha value is -2.53. The van der Waals surface area contributed by atoms with Gasteiger partial charge in [0.1, 0.15) is 12.4 Å². The Morgan fingerprint density at radius 1 is 1.07 bits per heavy atom. The molecule has 2 aromatic rings. The molecule has 2 aromatic carbocycles. The van der Waals surface area contributed by atoms with E-state index in [0.717, 1.165) is 31.0 Å². The van der Waals surface area contributed by atoms with Crippen LogP contribution >= 0.6 is 0 Å². The molecule has 0 saturated carbocycles. The Morgan fingerprint density at radius 3 is 2.43 bits per heavy atom. The third-order valence-electron chi connectivity index (χ3n) is 4.98. The van der Waals surface area contributed by atoms with Crippen molar-refractivity contribution < 1.29 is 4.74 Å². The van der Waals surface area contributed by atoms with Crippen LogP contribution in [-0.4, -0.2) is 43.6 Å². The molecule has 0 aromatic heterocycles. The number of hydrogen-bond donors (Lipinski definition) is 2. The van der Waals surface area contributed by atoms with Crippen molar-refractivity contribution >= 4 is 11.6 Å². The van der Waals surface area contributed by atoms with Gasteiger partial charge in [-0.1, -0.05) is 18.2 Å². The number of nitrogens with two attached hydrogens (primary N) is 1. The molecule has 0 spiro atoms. The van der Waals surface area contributed by atoms with Crippen molar-refractivity contribution in [2.75, 3.05) is 38.1 Å². The fraction of sp³-hybridized carbons (Fsp3) is 0.435. The highest BCUT2D eigenvalue weighted by molar-refractivity contribution is 5.92. The molecule has 1 saturated heterocycles. The SMILES string of the molecule is Cc1cc(C)cc(NC(N)=NCCc2ccc(OCCN3CCCC3)cc2)c1. The highest BCUT2D eigenvalue weighted by Crippen LogP contribution is 2.15. The molecule has 0 aliphatic carbocycles. The van der Waals surface area contributed by atoms with Gasteiger partial charge in [0.25, 0.3) is 0 Å². The topological polar surface area (TPSA) is 62.9 Å². The summed E-state index contributed by atoms with van der Waals surface area (Å²) >= 11 is 0. The van der Waals surface area contributed by atoms with Crippen LogP contribution in [0.2, 0.25) is 0 Å². The molecule has 28 heavy (non-hydrogen) atoms. The minimum absolute atomic E-state index is 0.451. The number of aryl methyl sites for hydroxylation is 2. The minimum Gasteiger partial charge on any atom is -0.492 e. The molecule has 0 amide bonds. The maximum absolute atomic E-state index is 6.02. The number of rotatable bonds is 8. The average Bonchev–Trinajstić information content (AvgIpc) is 3.15. The molecular weight excluding hydrogens is 348 g/mol. The fourth-order valence-electron chi connectivity index (χ4n) is 3.59. The highest BCUT2D eigenvalue weighted by atomic mass is 16.5. The van der Waals surface area contributed by atoms with Crippen molar-refractivity contribution in [1.29, 1.82) is 0 Å². The number of nitrogens with zero attached hydrogens (tertiary/aromatic N) is 2. The van der Waals surface area contributed by atoms with Gasteiger partial charge in [-0.05, 0) is 87.2 Å². The van der Waals surface area contributed by atoms with Gasteiger partial charge in [0.05, 0.1) is 0 Å². The summed E-state index contributed by atoms with van der Waals surface area (Å²) in [5.74, 6) is 1.38. The van der Waals surface area contributed by atoms with Gasteiger partial charge in [-0.15, -0.1) is 0 Å². The molecule has 1 aliphatic heterocycles. The smallest absolute Gasteiger partial charge is 0.193 e. The third kappa shape index (κ3) is 6.57. The number of hydrogen-bond acceptors (Lipinski definition) is 3. The van der Waals surface area contributed by atoms with E-state index in [1.807, 2.05) is 12.1 Å². The van der Waals surface area contributed by atoms with Gasteiger partial charge in [0.15, 0.2) is 5.96 Å². The van der Waals surface area contributed by atoms with Gasteiger partial charge in [-0.25, -0.2) is 0 Å². The normalized spacial score (nSPS) is 15.0. The first-order valence-electron chi connectivity index (χ1n) is 10.2. The molecule has 3 rings (SSSR count). The zero-order valence-corrected chi connectivity index (χ0v) is 17.1. The lowest BCUT2D eigenvalue weighted by Crippen LogP contribution is -2.25. The quantitative estimate of drug-likeness (QED) is 0.541. The molecular formula is C23H32N4O. The molecule has 0 unspecified atom stereocenters. The van der Waals surface area contributed by atoms with Crippen LogP contribution in [0.25, 0.3) is 0 Å². The third-order valence-corrected chi connectivity index (χ3v) is 4.98. The standard InChI is InChI=1S/C23H32N4O/c1-18-15-19(2)17-21(16-18)26-23(24)25-10-9-20-5-7-22(8-6-20)28-14-13-27-11-3-4-12-27/h5-8,15-17H,3-4,9-14H2,1-2H3,(H3,24,25,26). The Morgan fingerprint density at radius 2 is 1.75 bits per heavy atom. The van der Waals surface area contributed by atoms with Gasteiger partial charge in [-0.2, -0.15) is 0 Å². The van der Waals surface area contributed by atoms with Crippen molar-refractivity contribution in [3.8, 4) is 5.75 Å². The monoisotopic (exact) mass is 380 g/mol. The van der Waals surface area contributed by atoms with Crippen molar-refractivity contribution in [3.05, 3.63) is 59.2 Å². The molecule has 3 N–H and O–H groups in total. The Balaban J connectivity index is 1.40. The summed E-state index contributed by atoms with van der Waals surface area (Å²) in [5.41, 5.74) is 10.6. The summed E-state index contributed by atoms with van der Waals surface area (Å²) in [6.07, 6.45) is 3.49. The van der Waals surface area contributed by atoms with Gasteiger partial charge in [0.2, 0.25) is 0 Å². The number of likely N-dealkylation sites (tertiary alicyclic amines) is 1. The lowest BCUT2D eigenvalue weighted by atomic mass is 10.1. The molecule has 0 radical (unpaired) electrons. The summed E-state index contributed by atoms with van der Waals surface area (Å²) in [6, 6.07) is 14.6. The lowest BCUT2D eigenvalue weighted by molar-refractivity contribution is 0.238. The molecule has 150 valence electrons. The molecule has 1 heterocycles. The fourth-order valence-corrected chi connectivity index (χ4v) is 3.59. The van der Waals surface area contributed by atoms with E-state index in [1.165, 1.54) is 42.6 Å². The Kier molecular flexibility index (Phi) is 7.31. The summed E-state index contributed by atoms with van der Waals surface area (Å²) in [7, 11) is 0. The first-order valence-corrected chi connectivity index (χ1v) is 10.2. The summed E-state index contributed by atoms with van der Waals surface area (Å²) < 4.78 is 5.85. The average molecular weight is 381 g/mol. The van der Waals surface area contributed by atoms with Gasteiger partial charge >= 0.3 is 0 Å². The van der Waals surface area contributed by atoms with Crippen LogP contribution in [0.5, 0.6) is 5.75 Å². The highest BCUT2D eigenvalue weighted by Gasteiger charge is 2.10. The van der Waals surface area contributed by atoms with Crippen LogP contribution in [0.4, 0.5) is 5.69 Å². The largest absolute Gasteiger partial charge is 0.492 e. The minimum atomic E-state index is 0.451. The van der Waals surface area contributed by atoms with Crippen molar-refractivity contribution in [2.24, 2.45) is 10.7 Å². The van der Waals surface area contributed by atoms with E-state index < -0.39 is 0 Å². The van der Waals surface area contributed by atoms with Gasteiger partial charge < -0.3 is 15.8 Å². The number of guanidine groups is 1. The first-order chi connectivity index (χ1) is 13.6. The Labute approximate surface area is 168 Å². The number of ether oxygens (including phenoxy) is 1. The number of nitrogens with one attached hydrogen (secondary N) is 1. The second kappa shape index (κ2) is 10.1. The van der Waals surface area contributed by atoms with Crippen LogP contribution in [0.1, 0.15) is 29.5 Å². The lowest BCUT2D eigenvalue weighted by Gasteiger charge is -2.15. The predicted octanol–water partition coefficient (Wildman–Crippen LogP) is 3.75. The molecule has 5 heteroatoms. The molecule has 5 nitrogen and oxygen atoms in total. The van der Waals surface area contributed by atoms with E-state index in [-0.39, 0.29) is 0 Å². The van der Waals surface area contributed by atoms with E-state index in [1.54, 1.807) is 0 Å². The van der Waals surface area contributed by atoms with Crippen molar-refractivity contribution in [1.82, 2.24) is 4.90 Å². The van der Waals surface area contributed by atoms with E-state index in [4.69, 9.17) is 10.5 Å². The van der Waals surface area contributed by atoms with Crippen LogP contribution < -0.4 is 15.8 Å². The summed E-state index contributed by atoms with van der Waals surface area (Å²) in [6.45, 7) is 9.00. The maximum atomic E-state index is 6.02. The van der Waals surface area contributed by atoms with Gasteiger partial charge in [-0.3, -0.25) is 9.89 Å². The molecule has 1 fully saturated rings. The van der Waals surface area contributed by atoms with E-state index in [9.17, 15) is 0 Å². The number of benzene rings is 2. The zero-order chi connectivity index (χ0) is 19.8. The molecule has 0 atom stereocenters. The first kappa shape index (κ1) is 20.2. The van der Waals surface area contributed by atoms with Crippen LogP contribution in [0.3, 0.4) is 0 Å².